The summed E-state index contributed by atoms with van der Waals surface area (Å²) in [6, 6.07) is 20.5. The molecule has 0 saturated heterocycles. The number of carbonyl (C=O) groups excluding carboxylic acids is 1. The molecule has 0 saturated carbocycles. The zero-order valence-corrected chi connectivity index (χ0v) is 14.7. The first-order valence-electron chi connectivity index (χ1n) is 7.96. The second-order valence-corrected chi connectivity index (χ2v) is 10.00. The summed E-state index contributed by atoms with van der Waals surface area (Å²) >= 11 is 0. The molecule has 0 spiro atoms. The Bertz CT molecular complexity index is 710. The molecule has 3 rings (SSSR count). The van der Waals surface area contributed by atoms with Crippen LogP contribution in [0.5, 0.6) is 0 Å². The fourth-order valence-corrected chi connectivity index (χ4v) is 7.82. The van der Waals surface area contributed by atoms with Crippen LogP contribution in [-0.2, 0) is 4.74 Å². The smallest absolute Gasteiger partial charge is 0.433 e. The first kappa shape index (κ1) is 16.0. The summed E-state index contributed by atoms with van der Waals surface area (Å²) in [4.78, 5) is 12.3. The predicted molar refractivity (Wildman–Crippen MR) is 96.1 cm³/mol. The quantitative estimate of drug-likeness (QED) is 0.776. The maximum atomic E-state index is 12.3. The Hall–Kier alpha value is -1.86. The van der Waals surface area contributed by atoms with Crippen LogP contribution in [0.4, 0.5) is 4.79 Å². The first-order valence-corrected chi connectivity index (χ1v) is 9.71. The van der Waals surface area contributed by atoms with Crippen LogP contribution in [0.3, 0.4) is 0 Å². The monoisotopic (exact) mass is 327 g/mol. The number of hydrogen-bond acceptors (Lipinski definition) is 2. The largest absolute Gasteiger partial charge is 0.444 e. The third-order valence-electron chi connectivity index (χ3n) is 4.73. The minimum Gasteiger partial charge on any atom is -0.444 e. The Balaban J connectivity index is 2.39. The zero-order valence-electron chi connectivity index (χ0n) is 13.8. The Morgan fingerprint density at radius 2 is 1.48 bits per heavy atom. The van der Waals surface area contributed by atoms with Crippen molar-refractivity contribution in [2.75, 3.05) is 0 Å². The van der Waals surface area contributed by atoms with Crippen LogP contribution >= 0.6 is 7.05 Å². The molecule has 1 unspecified atom stereocenters. The number of hydrogen-bond donors (Lipinski definition) is 0. The highest BCUT2D eigenvalue weighted by atomic mass is 31.2. The second-order valence-electron chi connectivity index (χ2n) is 6.34. The van der Waals surface area contributed by atoms with Gasteiger partial charge in [-0.05, 0) is 17.0 Å². The number of cyclic esters (lactones) is 1. The van der Waals surface area contributed by atoms with Gasteiger partial charge < -0.3 is 4.74 Å². The molecule has 23 heavy (non-hydrogen) atoms. The molecule has 3 nitrogen and oxygen atoms in total. The molecule has 1 heterocycles. The molecule has 1 aliphatic rings. The molecule has 1 aliphatic heterocycles. The SMILES string of the molecule is CCC1OC(=O)N=P(c2ccccc2)(c2ccccc2)C1(C)C. The predicted octanol–water partition coefficient (Wildman–Crippen LogP) is 4.55. The standard InChI is InChI=1S/C19H22NO2P/c1-4-17-19(2,3)23(20-18(21)22-17,15-11-7-5-8-12-15)16-13-9-6-10-14-16/h5-14,17H,4H2,1-3H3. The molecule has 120 valence electrons. The maximum Gasteiger partial charge on any atom is 0.433 e. The maximum absolute atomic E-state index is 12.3. The molecule has 0 aliphatic carbocycles. The minimum absolute atomic E-state index is 0.138. The van der Waals surface area contributed by atoms with Gasteiger partial charge in [0.2, 0.25) is 0 Å². The molecule has 0 N–H and O–H groups in total. The molecular formula is C19H22NO2P. The highest BCUT2D eigenvalue weighted by Gasteiger charge is 2.50. The van der Waals surface area contributed by atoms with E-state index in [-0.39, 0.29) is 11.3 Å². The van der Waals surface area contributed by atoms with E-state index >= 15 is 0 Å². The van der Waals surface area contributed by atoms with Gasteiger partial charge in [-0.25, -0.2) is 4.79 Å². The van der Waals surface area contributed by atoms with Crippen molar-refractivity contribution >= 4 is 23.8 Å². The van der Waals surface area contributed by atoms with Crippen molar-refractivity contribution in [2.24, 2.45) is 4.74 Å². The van der Waals surface area contributed by atoms with Gasteiger partial charge >= 0.3 is 6.09 Å². The van der Waals surface area contributed by atoms with Crippen molar-refractivity contribution in [3.63, 3.8) is 0 Å². The molecule has 2 aromatic rings. The van der Waals surface area contributed by atoms with Gasteiger partial charge in [0.25, 0.3) is 0 Å². The fraction of sp³-hybridized carbons (Fsp3) is 0.316. The van der Waals surface area contributed by atoms with Crippen LogP contribution in [-0.4, -0.2) is 17.4 Å². The molecule has 0 fully saturated rings. The van der Waals surface area contributed by atoms with Crippen molar-refractivity contribution < 1.29 is 9.53 Å². The van der Waals surface area contributed by atoms with Gasteiger partial charge in [0.05, 0.1) is 0 Å². The number of carbonyl (C=O) groups is 1. The van der Waals surface area contributed by atoms with Crippen LogP contribution in [0.2, 0.25) is 0 Å². The highest BCUT2D eigenvalue weighted by Crippen LogP contribution is 2.63. The van der Waals surface area contributed by atoms with Gasteiger partial charge in [-0.2, -0.15) is 4.74 Å². The summed E-state index contributed by atoms with van der Waals surface area (Å²) < 4.78 is 10.2. The topological polar surface area (TPSA) is 38.7 Å². The minimum atomic E-state index is -2.28. The van der Waals surface area contributed by atoms with Gasteiger partial charge in [-0.3, -0.25) is 0 Å². The van der Waals surface area contributed by atoms with Gasteiger partial charge in [0.1, 0.15) is 6.10 Å². The van der Waals surface area contributed by atoms with E-state index in [4.69, 9.17) is 4.74 Å². The van der Waals surface area contributed by atoms with Crippen molar-refractivity contribution in [3.8, 4) is 0 Å². The van der Waals surface area contributed by atoms with Crippen LogP contribution in [0.25, 0.3) is 0 Å². The fourth-order valence-electron chi connectivity index (χ4n) is 3.55. The van der Waals surface area contributed by atoms with Crippen molar-refractivity contribution in [3.05, 3.63) is 60.7 Å². The summed E-state index contributed by atoms with van der Waals surface area (Å²) in [7, 11) is -2.28. The van der Waals surface area contributed by atoms with Crippen molar-refractivity contribution in [1.29, 1.82) is 0 Å². The summed E-state index contributed by atoms with van der Waals surface area (Å²) in [5.41, 5.74) is 0. The first-order chi connectivity index (χ1) is 11.0. The van der Waals surface area contributed by atoms with Gasteiger partial charge in [0, 0.05) is 12.2 Å². The summed E-state index contributed by atoms with van der Waals surface area (Å²) in [5, 5.41) is 2.01. The van der Waals surface area contributed by atoms with Crippen molar-refractivity contribution in [2.45, 2.75) is 38.5 Å². The summed E-state index contributed by atoms with van der Waals surface area (Å²) in [5.74, 6) is 0. The second kappa shape index (κ2) is 5.98. The van der Waals surface area contributed by atoms with Gasteiger partial charge in [-0.15, -0.1) is 0 Å². The molecular weight excluding hydrogens is 305 g/mol. The average molecular weight is 327 g/mol. The van der Waals surface area contributed by atoms with Gasteiger partial charge in [0.15, 0.2) is 0 Å². The van der Waals surface area contributed by atoms with Crippen LogP contribution in [0.15, 0.2) is 65.4 Å². The third kappa shape index (κ3) is 2.44. The third-order valence-corrected chi connectivity index (χ3v) is 9.24. The lowest BCUT2D eigenvalue weighted by atomic mass is 10.0. The lowest BCUT2D eigenvalue weighted by Crippen LogP contribution is -2.47. The Kier molecular flexibility index (Phi) is 4.16. The highest BCUT2D eigenvalue weighted by molar-refractivity contribution is 7.82. The lowest BCUT2D eigenvalue weighted by molar-refractivity contribution is 0.0803. The molecule has 0 aromatic heterocycles. The number of ether oxygens (including phenoxy) is 1. The normalized spacial score (nSPS) is 22.0. The van der Waals surface area contributed by atoms with Crippen LogP contribution in [0.1, 0.15) is 27.2 Å². The van der Waals surface area contributed by atoms with E-state index in [1.807, 2.05) is 36.4 Å². The Morgan fingerprint density at radius 3 is 1.91 bits per heavy atom. The van der Waals surface area contributed by atoms with Crippen LogP contribution < -0.4 is 10.6 Å². The van der Waals surface area contributed by atoms with Crippen molar-refractivity contribution in [1.82, 2.24) is 0 Å². The molecule has 1 atom stereocenters. The number of benzene rings is 2. The van der Waals surface area contributed by atoms with Gasteiger partial charge in [-0.1, -0.05) is 81.4 Å². The van der Waals surface area contributed by atoms with E-state index in [1.165, 1.54) is 0 Å². The van der Waals surface area contributed by atoms with E-state index in [1.54, 1.807) is 0 Å². The number of nitrogens with zero attached hydrogens (tertiary/aromatic N) is 1. The summed E-state index contributed by atoms with van der Waals surface area (Å²) in [6.45, 7) is 6.44. The molecule has 4 heteroatoms. The zero-order chi connectivity index (χ0) is 16.5. The van der Waals surface area contributed by atoms with E-state index in [0.717, 1.165) is 17.0 Å². The molecule has 0 radical (unpaired) electrons. The van der Waals surface area contributed by atoms with E-state index in [0.29, 0.717) is 0 Å². The lowest BCUT2D eigenvalue weighted by Gasteiger charge is -2.46. The Labute approximate surface area is 137 Å². The number of rotatable bonds is 3. The van der Waals surface area contributed by atoms with Crippen LogP contribution in [0, 0.1) is 0 Å². The average Bonchev–Trinajstić information content (AvgIpc) is 2.58. The summed E-state index contributed by atoms with van der Waals surface area (Å²) in [6.07, 6.45) is 0.217. The molecule has 0 bridgehead atoms. The number of amides is 1. The molecule has 1 amide bonds. The van der Waals surface area contributed by atoms with E-state index in [9.17, 15) is 4.79 Å². The Morgan fingerprint density at radius 1 is 1.00 bits per heavy atom. The van der Waals surface area contributed by atoms with E-state index < -0.39 is 13.1 Å². The van der Waals surface area contributed by atoms with E-state index in [2.05, 4.69) is 49.8 Å². The molecule has 2 aromatic carbocycles.